The number of amides is 2. The zero-order valence-corrected chi connectivity index (χ0v) is 16.8. The lowest BCUT2D eigenvalue weighted by molar-refractivity contribution is -0.119. The third-order valence-electron chi connectivity index (χ3n) is 4.13. The monoisotopic (exact) mass is 431 g/mol. The third kappa shape index (κ3) is 5.77. The predicted molar refractivity (Wildman–Crippen MR) is 110 cm³/mol. The summed E-state index contributed by atoms with van der Waals surface area (Å²) in [6.45, 7) is 1.80. The number of hydrogen-bond acceptors (Lipinski definition) is 5. The van der Waals surface area contributed by atoms with Gasteiger partial charge in [0.1, 0.15) is 30.3 Å². The van der Waals surface area contributed by atoms with Crippen molar-refractivity contribution in [3.8, 4) is 5.75 Å². The first-order valence-electron chi connectivity index (χ1n) is 9.05. The van der Waals surface area contributed by atoms with Gasteiger partial charge in [0, 0.05) is 11.4 Å². The van der Waals surface area contributed by atoms with E-state index >= 15 is 0 Å². The van der Waals surface area contributed by atoms with Gasteiger partial charge in [0.05, 0.1) is 18.1 Å². The summed E-state index contributed by atoms with van der Waals surface area (Å²) in [6, 6.07) is 9.97. The molecule has 0 saturated heterocycles. The van der Waals surface area contributed by atoms with E-state index in [1.54, 1.807) is 31.2 Å². The number of carbonyl (C=O) groups is 2. The van der Waals surface area contributed by atoms with Gasteiger partial charge in [-0.1, -0.05) is 11.6 Å². The van der Waals surface area contributed by atoms with E-state index in [4.69, 9.17) is 16.3 Å². The lowest BCUT2D eigenvalue weighted by Gasteiger charge is -2.12. The minimum absolute atomic E-state index is 0.0849. The third-order valence-corrected chi connectivity index (χ3v) is 4.43. The number of hydrogen-bond donors (Lipinski definition) is 2. The summed E-state index contributed by atoms with van der Waals surface area (Å²) >= 11 is 5.87. The zero-order chi connectivity index (χ0) is 21.5. The number of anilines is 2. The second-order valence-corrected chi connectivity index (χ2v) is 6.75. The highest BCUT2D eigenvalue weighted by atomic mass is 35.5. The van der Waals surface area contributed by atoms with Crippen LogP contribution < -0.4 is 15.4 Å². The van der Waals surface area contributed by atoms with Gasteiger partial charge in [0.2, 0.25) is 11.8 Å². The Morgan fingerprint density at radius 2 is 1.87 bits per heavy atom. The van der Waals surface area contributed by atoms with Crippen LogP contribution in [0.2, 0.25) is 5.02 Å². The molecule has 30 heavy (non-hydrogen) atoms. The van der Waals surface area contributed by atoms with Crippen LogP contribution in [0.5, 0.6) is 5.75 Å². The number of ether oxygens (including phenoxy) is 1. The predicted octanol–water partition coefficient (Wildman–Crippen LogP) is 3.68. The van der Waals surface area contributed by atoms with Crippen molar-refractivity contribution in [3.63, 3.8) is 0 Å². The molecule has 0 radical (unpaired) electrons. The molecule has 2 amide bonds. The molecule has 1 unspecified atom stereocenters. The van der Waals surface area contributed by atoms with Crippen LogP contribution in [-0.4, -0.2) is 33.2 Å². The number of benzene rings is 2. The largest absolute Gasteiger partial charge is 0.491 e. The second-order valence-electron chi connectivity index (χ2n) is 6.34. The Morgan fingerprint density at radius 1 is 1.17 bits per heavy atom. The van der Waals surface area contributed by atoms with Gasteiger partial charge < -0.3 is 15.4 Å². The first kappa shape index (κ1) is 21.3. The van der Waals surface area contributed by atoms with Gasteiger partial charge in [-0.2, -0.15) is 5.10 Å². The van der Waals surface area contributed by atoms with Gasteiger partial charge >= 0.3 is 0 Å². The molecule has 0 aliphatic carbocycles. The fourth-order valence-electron chi connectivity index (χ4n) is 2.49. The molecular weight excluding hydrogens is 413 g/mol. The van der Waals surface area contributed by atoms with E-state index in [0.717, 1.165) is 6.07 Å². The minimum Gasteiger partial charge on any atom is -0.491 e. The SMILES string of the molecule is CC(C(=O)Nc1ccc(NC(=O)CCOc2ccc(F)cc2Cl)cc1)n1cncn1. The second kappa shape index (κ2) is 9.84. The van der Waals surface area contributed by atoms with Crippen LogP contribution in [0.25, 0.3) is 0 Å². The molecule has 10 heteroatoms. The summed E-state index contributed by atoms with van der Waals surface area (Å²) in [5, 5.41) is 9.59. The van der Waals surface area contributed by atoms with Crippen LogP contribution in [0.4, 0.5) is 15.8 Å². The van der Waals surface area contributed by atoms with Crippen molar-refractivity contribution in [2.24, 2.45) is 0 Å². The number of nitrogens with one attached hydrogen (secondary N) is 2. The summed E-state index contributed by atoms with van der Waals surface area (Å²) in [5.41, 5.74) is 1.15. The van der Waals surface area contributed by atoms with Gasteiger partial charge in [-0.05, 0) is 49.4 Å². The van der Waals surface area contributed by atoms with Gasteiger partial charge in [0.15, 0.2) is 0 Å². The summed E-state index contributed by atoms with van der Waals surface area (Å²) < 4.78 is 19.9. The molecule has 0 bridgehead atoms. The molecule has 156 valence electrons. The molecule has 1 aromatic heterocycles. The Morgan fingerprint density at radius 3 is 2.50 bits per heavy atom. The number of rotatable bonds is 8. The number of nitrogens with zero attached hydrogens (tertiary/aromatic N) is 3. The lowest BCUT2D eigenvalue weighted by atomic mass is 10.2. The van der Waals surface area contributed by atoms with Crippen molar-refractivity contribution < 1.29 is 18.7 Å². The maximum absolute atomic E-state index is 13.0. The fourth-order valence-corrected chi connectivity index (χ4v) is 2.71. The van der Waals surface area contributed by atoms with Gasteiger partial charge in [-0.3, -0.25) is 9.59 Å². The van der Waals surface area contributed by atoms with Gasteiger partial charge in [0.25, 0.3) is 0 Å². The van der Waals surface area contributed by atoms with Crippen molar-refractivity contribution >= 4 is 34.8 Å². The normalized spacial score (nSPS) is 11.6. The van der Waals surface area contributed by atoms with Crippen molar-refractivity contribution in [2.45, 2.75) is 19.4 Å². The number of aromatic nitrogens is 3. The molecule has 1 heterocycles. The Labute approximate surface area is 177 Å². The van der Waals surface area contributed by atoms with Crippen LogP contribution in [0.1, 0.15) is 19.4 Å². The van der Waals surface area contributed by atoms with Gasteiger partial charge in [-0.15, -0.1) is 0 Å². The van der Waals surface area contributed by atoms with Gasteiger partial charge in [-0.25, -0.2) is 14.1 Å². The molecule has 2 N–H and O–H groups in total. The van der Waals surface area contributed by atoms with E-state index in [2.05, 4.69) is 20.7 Å². The molecule has 2 aromatic carbocycles. The quantitative estimate of drug-likeness (QED) is 0.567. The fraction of sp³-hybridized carbons (Fsp3) is 0.200. The van der Waals surface area contributed by atoms with Crippen molar-refractivity contribution in [1.29, 1.82) is 0 Å². The molecule has 3 aromatic rings. The number of halogens is 2. The van der Waals surface area contributed by atoms with Crippen molar-refractivity contribution in [3.05, 3.63) is 66.0 Å². The average molecular weight is 432 g/mol. The van der Waals surface area contributed by atoms with E-state index in [1.807, 2.05) is 0 Å². The lowest BCUT2D eigenvalue weighted by Crippen LogP contribution is -2.24. The summed E-state index contributed by atoms with van der Waals surface area (Å²) in [4.78, 5) is 28.1. The van der Waals surface area contributed by atoms with Crippen molar-refractivity contribution in [1.82, 2.24) is 14.8 Å². The van der Waals surface area contributed by atoms with E-state index in [0.29, 0.717) is 17.1 Å². The maximum atomic E-state index is 13.0. The number of carbonyl (C=O) groups excluding carboxylic acids is 2. The first-order chi connectivity index (χ1) is 14.4. The first-order valence-corrected chi connectivity index (χ1v) is 9.43. The summed E-state index contributed by atoms with van der Waals surface area (Å²) in [6.07, 6.45) is 2.92. The highest BCUT2D eigenvalue weighted by Crippen LogP contribution is 2.25. The Bertz CT molecular complexity index is 1010. The standard InChI is InChI=1S/C20H19ClFN5O3/c1-13(27-12-23-11-24-27)20(29)26-16-5-3-15(4-6-16)25-19(28)8-9-30-18-7-2-14(22)10-17(18)21/h2-7,10-13H,8-9H2,1H3,(H,25,28)(H,26,29). The Balaban J connectivity index is 1.45. The molecule has 3 rings (SSSR count). The Kier molecular flexibility index (Phi) is 6.97. The highest BCUT2D eigenvalue weighted by Gasteiger charge is 2.15. The van der Waals surface area contributed by atoms with Crippen LogP contribution in [0.15, 0.2) is 55.1 Å². The molecule has 0 fully saturated rings. The highest BCUT2D eigenvalue weighted by molar-refractivity contribution is 6.32. The summed E-state index contributed by atoms with van der Waals surface area (Å²) in [5.74, 6) is -0.651. The molecule has 8 nitrogen and oxygen atoms in total. The Hall–Kier alpha value is -3.46. The molecule has 0 aliphatic heterocycles. The molecule has 1 atom stereocenters. The molecule has 0 aliphatic rings. The van der Waals surface area contributed by atoms with Crippen LogP contribution in [0.3, 0.4) is 0 Å². The van der Waals surface area contributed by atoms with E-state index in [-0.39, 0.29) is 29.9 Å². The zero-order valence-electron chi connectivity index (χ0n) is 16.0. The maximum Gasteiger partial charge on any atom is 0.249 e. The van der Waals surface area contributed by atoms with E-state index in [1.165, 1.54) is 29.5 Å². The minimum atomic E-state index is -0.513. The van der Waals surface area contributed by atoms with E-state index in [9.17, 15) is 14.0 Å². The van der Waals surface area contributed by atoms with Crippen molar-refractivity contribution in [2.75, 3.05) is 17.2 Å². The van der Waals surface area contributed by atoms with Crippen LogP contribution >= 0.6 is 11.6 Å². The molecule has 0 saturated carbocycles. The summed E-state index contributed by atoms with van der Waals surface area (Å²) in [7, 11) is 0. The molecular formula is C20H19ClFN5O3. The van der Waals surface area contributed by atoms with Crippen LogP contribution in [0, 0.1) is 5.82 Å². The van der Waals surface area contributed by atoms with E-state index < -0.39 is 11.9 Å². The average Bonchev–Trinajstić information content (AvgIpc) is 3.25. The van der Waals surface area contributed by atoms with Crippen LogP contribution in [-0.2, 0) is 9.59 Å². The smallest absolute Gasteiger partial charge is 0.249 e. The topological polar surface area (TPSA) is 98.1 Å². The molecule has 0 spiro atoms.